The summed E-state index contributed by atoms with van der Waals surface area (Å²) in [5, 5.41) is 4.20. The number of nitrogens with one attached hydrogen (secondary N) is 1. The number of anilines is 1. The molecule has 1 saturated carbocycles. The Morgan fingerprint density at radius 1 is 1.35 bits per heavy atom. The lowest BCUT2D eigenvalue weighted by Gasteiger charge is -2.35. The van der Waals surface area contributed by atoms with Crippen LogP contribution in [-0.4, -0.2) is 48.9 Å². The summed E-state index contributed by atoms with van der Waals surface area (Å²) < 4.78 is 27.6. The van der Waals surface area contributed by atoms with Crippen LogP contribution in [-0.2, 0) is 10.0 Å². The van der Waals surface area contributed by atoms with Gasteiger partial charge in [-0.2, -0.15) is 5.10 Å². The Hall–Kier alpha value is -1.67. The van der Waals surface area contributed by atoms with Crippen LogP contribution < -0.4 is 9.62 Å². The Kier molecular flexibility index (Phi) is 4.54. The first-order valence-corrected chi connectivity index (χ1v) is 9.58. The van der Waals surface area contributed by atoms with E-state index in [0.717, 1.165) is 37.0 Å². The van der Waals surface area contributed by atoms with Crippen molar-refractivity contribution in [3.63, 3.8) is 0 Å². The molecule has 0 aliphatic heterocycles. The van der Waals surface area contributed by atoms with Gasteiger partial charge in [0.15, 0.2) is 5.82 Å². The summed E-state index contributed by atoms with van der Waals surface area (Å²) in [6, 6.07) is 4.36. The second-order valence-electron chi connectivity index (χ2n) is 6.19. The molecule has 0 radical (unpaired) electrons. The summed E-state index contributed by atoms with van der Waals surface area (Å²) in [6.45, 7) is 0. The average Bonchev–Trinajstić information content (AvgIpc) is 3.03. The fraction of sp³-hybridized carbons (Fsp3) is 0.600. The number of hydrogen-bond acceptors (Lipinski definition) is 5. The lowest BCUT2D eigenvalue weighted by molar-refractivity contribution is 0.340. The maximum absolute atomic E-state index is 11.7. The van der Waals surface area contributed by atoms with Gasteiger partial charge in [0.05, 0.1) is 5.75 Å². The molecule has 0 amide bonds. The molecule has 1 fully saturated rings. The van der Waals surface area contributed by atoms with E-state index in [1.807, 2.05) is 22.8 Å². The third-order valence-electron chi connectivity index (χ3n) is 4.78. The van der Waals surface area contributed by atoms with Crippen molar-refractivity contribution in [3.05, 3.63) is 24.7 Å². The number of nitrogens with zero attached hydrogens (tertiary/aromatic N) is 4. The highest BCUT2D eigenvalue weighted by Crippen LogP contribution is 2.31. The third kappa shape index (κ3) is 3.48. The third-order valence-corrected chi connectivity index (χ3v) is 6.31. The van der Waals surface area contributed by atoms with E-state index in [2.05, 4.69) is 26.8 Å². The van der Waals surface area contributed by atoms with E-state index in [1.54, 1.807) is 6.33 Å². The van der Waals surface area contributed by atoms with Crippen molar-refractivity contribution in [2.24, 2.45) is 5.92 Å². The van der Waals surface area contributed by atoms with Crippen LogP contribution in [0.2, 0.25) is 0 Å². The molecule has 3 rings (SSSR count). The summed E-state index contributed by atoms with van der Waals surface area (Å²) in [7, 11) is 0.421. The van der Waals surface area contributed by atoms with Gasteiger partial charge in [0.2, 0.25) is 10.0 Å². The van der Waals surface area contributed by atoms with Crippen LogP contribution in [0.1, 0.15) is 25.7 Å². The minimum Gasteiger partial charge on any atom is -0.355 e. The highest BCUT2D eigenvalue weighted by molar-refractivity contribution is 7.89. The average molecular weight is 337 g/mol. The van der Waals surface area contributed by atoms with E-state index in [9.17, 15) is 8.42 Å². The van der Waals surface area contributed by atoms with Crippen molar-refractivity contribution < 1.29 is 8.42 Å². The molecule has 0 saturated heterocycles. The van der Waals surface area contributed by atoms with Gasteiger partial charge in [0, 0.05) is 19.3 Å². The molecular weight excluding hydrogens is 314 g/mol. The van der Waals surface area contributed by atoms with Crippen LogP contribution in [0.15, 0.2) is 24.7 Å². The zero-order chi connectivity index (χ0) is 16.4. The molecule has 0 spiro atoms. The normalized spacial score (nSPS) is 22.3. The Morgan fingerprint density at radius 2 is 2.09 bits per heavy atom. The Balaban J connectivity index is 1.67. The zero-order valence-electron chi connectivity index (χ0n) is 13.5. The molecule has 1 N–H and O–H groups in total. The number of rotatable bonds is 5. The zero-order valence-corrected chi connectivity index (χ0v) is 14.3. The highest BCUT2D eigenvalue weighted by Gasteiger charge is 2.28. The van der Waals surface area contributed by atoms with Gasteiger partial charge in [-0.15, -0.1) is 0 Å². The lowest BCUT2D eigenvalue weighted by atomic mass is 9.86. The highest BCUT2D eigenvalue weighted by atomic mass is 32.2. The van der Waals surface area contributed by atoms with Crippen LogP contribution in [0, 0.1) is 5.92 Å². The minimum atomic E-state index is -3.12. The Morgan fingerprint density at radius 3 is 2.78 bits per heavy atom. The van der Waals surface area contributed by atoms with Crippen molar-refractivity contribution in [2.75, 3.05) is 24.7 Å². The second-order valence-corrected chi connectivity index (χ2v) is 8.16. The molecule has 2 heterocycles. The number of hydrogen-bond donors (Lipinski definition) is 1. The van der Waals surface area contributed by atoms with Gasteiger partial charge in [0.25, 0.3) is 0 Å². The SMILES string of the molecule is CNS(=O)(=O)CC1CCC(N(C)c2ncnn3cccc23)CC1. The van der Waals surface area contributed by atoms with Crippen molar-refractivity contribution >= 4 is 21.4 Å². The largest absolute Gasteiger partial charge is 0.355 e. The van der Waals surface area contributed by atoms with E-state index >= 15 is 0 Å². The van der Waals surface area contributed by atoms with Crippen LogP contribution in [0.5, 0.6) is 0 Å². The molecule has 126 valence electrons. The molecule has 0 atom stereocenters. The molecule has 0 unspecified atom stereocenters. The predicted molar refractivity (Wildman–Crippen MR) is 90.0 cm³/mol. The van der Waals surface area contributed by atoms with Crippen molar-refractivity contribution in [1.29, 1.82) is 0 Å². The fourth-order valence-electron chi connectivity index (χ4n) is 3.39. The Labute approximate surface area is 136 Å². The van der Waals surface area contributed by atoms with Gasteiger partial charge in [-0.1, -0.05) is 0 Å². The van der Waals surface area contributed by atoms with E-state index < -0.39 is 10.0 Å². The van der Waals surface area contributed by atoms with Crippen LogP contribution >= 0.6 is 0 Å². The van der Waals surface area contributed by atoms with E-state index in [0.29, 0.717) is 6.04 Å². The molecule has 1 aliphatic rings. The molecule has 7 nitrogen and oxygen atoms in total. The van der Waals surface area contributed by atoms with Crippen molar-refractivity contribution in [3.8, 4) is 0 Å². The molecule has 2 aromatic rings. The van der Waals surface area contributed by atoms with E-state index in [4.69, 9.17) is 0 Å². The molecule has 0 aromatic carbocycles. The van der Waals surface area contributed by atoms with E-state index in [-0.39, 0.29) is 11.7 Å². The summed E-state index contributed by atoms with van der Waals surface area (Å²) in [5.74, 6) is 1.41. The van der Waals surface area contributed by atoms with Crippen LogP contribution in [0.4, 0.5) is 5.82 Å². The topological polar surface area (TPSA) is 79.6 Å². The van der Waals surface area contributed by atoms with Gasteiger partial charge in [-0.3, -0.25) is 0 Å². The summed E-state index contributed by atoms with van der Waals surface area (Å²) in [4.78, 5) is 6.64. The molecule has 2 aromatic heterocycles. The Bertz CT molecular complexity index is 765. The van der Waals surface area contributed by atoms with Crippen molar-refractivity contribution in [2.45, 2.75) is 31.7 Å². The fourth-order valence-corrected chi connectivity index (χ4v) is 4.51. The molecule has 0 bridgehead atoms. The first kappa shape index (κ1) is 16.2. The number of aromatic nitrogens is 3. The van der Waals surface area contributed by atoms with Gasteiger partial charge in [-0.25, -0.2) is 22.6 Å². The maximum atomic E-state index is 11.7. The lowest BCUT2D eigenvalue weighted by Crippen LogP contribution is -2.38. The number of sulfonamides is 1. The standard InChI is InChI=1S/C15H23N5O2S/c1-16-23(21,22)10-12-5-7-13(8-6-12)19(2)15-14-4-3-9-20(14)18-11-17-15/h3-4,9,11-13,16H,5-8,10H2,1-2H3. The smallest absolute Gasteiger partial charge is 0.211 e. The first-order valence-electron chi connectivity index (χ1n) is 7.92. The van der Waals surface area contributed by atoms with Crippen LogP contribution in [0.3, 0.4) is 0 Å². The quantitative estimate of drug-likeness (QED) is 0.889. The van der Waals surface area contributed by atoms with Crippen molar-refractivity contribution in [1.82, 2.24) is 19.3 Å². The second kappa shape index (κ2) is 6.45. The molecular formula is C15H23N5O2S. The maximum Gasteiger partial charge on any atom is 0.211 e. The molecule has 8 heteroatoms. The van der Waals surface area contributed by atoms with Gasteiger partial charge in [0.1, 0.15) is 11.8 Å². The van der Waals surface area contributed by atoms with Gasteiger partial charge >= 0.3 is 0 Å². The number of fused-ring (bicyclic) bond motifs is 1. The molecule has 23 heavy (non-hydrogen) atoms. The van der Waals surface area contributed by atoms with E-state index in [1.165, 1.54) is 7.05 Å². The van der Waals surface area contributed by atoms with Gasteiger partial charge in [-0.05, 0) is 50.8 Å². The molecule has 1 aliphatic carbocycles. The van der Waals surface area contributed by atoms with Gasteiger partial charge < -0.3 is 4.90 Å². The minimum absolute atomic E-state index is 0.233. The summed E-state index contributed by atoms with van der Waals surface area (Å²) in [5.41, 5.74) is 0.995. The summed E-state index contributed by atoms with van der Waals surface area (Å²) in [6.07, 6.45) is 7.31. The first-order chi connectivity index (χ1) is 11.0. The monoisotopic (exact) mass is 337 g/mol. The van der Waals surface area contributed by atoms with Crippen LogP contribution in [0.25, 0.3) is 5.52 Å². The summed E-state index contributed by atoms with van der Waals surface area (Å²) >= 11 is 0. The predicted octanol–water partition coefficient (Wildman–Crippen LogP) is 1.27.